The van der Waals surface area contributed by atoms with Crippen molar-refractivity contribution in [1.82, 2.24) is 4.90 Å². The first-order chi connectivity index (χ1) is 10.1. The fourth-order valence-corrected chi connectivity index (χ4v) is 5.78. The first kappa shape index (κ1) is 12.3. The molecule has 0 aromatic heterocycles. The minimum Gasteiger partial charge on any atom is -0.504 e. The van der Waals surface area contributed by atoms with Crippen LogP contribution in [0.1, 0.15) is 30.4 Å². The van der Waals surface area contributed by atoms with Gasteiger partial charge < -0.3 is 20.5 Å². The largest absolute Gasteiger partial charge is 0.504 e. The number of phenols is 1. The maximum absolute atomic E-state index is 10.3. The Morgan fingerprint density at radius 3 is 3.10 bits per heavy atom. The molecule has 2 aliphatic heterocycles. The van der Waals surface area contributed by atoms with E-state index in [2.05, 4.69) is 18.0 Å². The average molecular weight is 286 g/mol. The molecule has 1 aromatic carbocycles. The van der Waals surface area contributed by atoms with E-state index in [4.69, 9.17) is 10.5 Å². The number of aromatic hydroxyl groups is 1. The van der Waals surface area contributed by atoms with Crippen LogP contribution in [-0.4, -0.2) is 41.8 Å². The quantitative estimate of drug-likeness (QED) is 0.756. The Balaban J connectivity index is 1.81. The van der Waals surface area contributed by atoms with E-state index in [-0.39, 0.29) is 17.6 Å². The van der Waals surface area contributed by atoms with E-state index in [0.717, 1.165) is 31.6 Å². The van der Waals surface area contributed by atoms with E-state index in [9.17, 15) is 5.11 Å². The Labute approximate surface area is 124 Å². The van der Waals surface area contributed by atoms with Crippen molar-refractivity contribution >= 4 is 0 Å². The van der Waals surface area contributed by atoms with Crippen LogP contribution < -0.4 is 10.5 Å². The van der Waals surface area contributed by atoms with E-state index < -0.39 is 0 Å². The zero-order valence-electron chi connectivity index (χ0n) is 12.4. The van der Waals surface area contributed by atoms with Gasteiger partial charge in [0.1, 0.15) is 6.10 Å². The van der Waals surface area contributed by atoms with Crippen molar-refractivity contribution in [3.8, 4) is 11.5 Å². The summed E-state index contributed by atoms with van der Waals surface area (Å²) >= 11 is 0. The van der Waals surface area contributed by atoms with Gasteiger partial charge in [-0.15, -0.1) is 0 Å². The van der Waals surface area contributed by atoms with Crippen molar-refractivity contribution in [3.05, 3.63) is 23.3 Å². The second-order valence-corrected chi connectivity index (χ2v) is 7.38. The second-order valence-electron chi connectivity index (χ2n) is 7.38. The van der Waals surface area contributed by atoms with E-state index in [1.54, 1.807) is 6.07 Å². The van der Waals surface area contributed by atoms with Gasteiger partial charge in [0.2, 0.25) is 0 Å². The Morgan fingerprint density at radius 2 is 2.24 bits per heavy atom. The molecule has 5 atom stereocenters. The summed E-state index contributed by atoms with van der Waals surface area (Å²) in [6.45, 7) is 1.10. The first-order valence-corrected chi connectivity index (χ1v) is 8.10. The molecule has 2 aliphatic carbocycles. The third-order valence-electron chi connectivity index (χ3n) is 6.64. The molecule has 2 bridgehead atoms. The summed E-state index contributed by atoms with van der Waals surface area (Å²) in [6, 6.07) is 4.58. The van der Waals surface area contributed by atoms with Crippen LogP contribution in [-0.2, 0) is 11.8 Å². The lowest BCUT2D eigenvalue weighted by atomic mass is 9.51. The summed E-state index contributed by atoms with van der Waals surface area (Å²) < 4.78 is 6.26. The lowest BCUT2D eigenvalue weighted by molar-refractivity contribution is -0.0510. The number of nitrogens with two attached hydrogens (primary N) is 1. The summed E-state index contributed by atoms with van der Waals surface area (Å²) in [6.07, 6.45) is 4.45. The van der Waals surface area contributed by atoms with E-state index in [1.165, 1.54) is 17.5 Å². The van der Waals surface area contributed by atoms with Crippen molar-refractivity contribution in [2.75, 3.05) is 13.6 Å². The van der Waals surface area contributed by atoms with Crippen molar-refractivity contribution in [3.63, 3.8) is 0 Å². The van der Waals surface area contributed by atoms with Gasteiger partial charge in [-0.2, -0.15) is 0 Å². The molecule has 0 amide bonds. The second kappa shape index (κ2) is 3.73. The van der Waals surface area contributed by atoms with Gasteiger partial charge in [-0.05, 0) is 56.8 Å². The molecule has 1 spiro atoms. The Hall–Kier alpha value is -1.26. The highest BCUT2D eigenvalue weighted by Gasteiger charge is 2.64. The van der Waals surface area contributed by atoms with E-state index >= 15 is 0 Å². The third-order valence-corrected chi connectivity index (χ3v) is 6.64. The van der Waals surface area contributed by atoms with Gasteiger partial charge in [0.15, 0.2) is 11.5 Å². The maximum atomic E-state index is 10.3. The zero-order chi connectivity index (χ0) is 14.4. The summed E-state index contributed by atoms with van der Waals surface area (Å²) in [5.74, 6) is 1.65. The van der Waals surface area contributed by atoms with Gasteiger partial charge in [-0.3, -0.25) is 0 Å². The number of phenolic OH excluding ortho intramolecular Hbond substituents is 1. The monoisotopic (exact) mass is 286 g/mol. The van der Waals surface area contributed by atoms with Crippen LogP contribution in [0.4, 0.5) is 0 Å². The van der Waals surface area contributed by atoms with E-state index in [1.807, 2.05) is 0 Å². The molecule has 0 radical (unpaired) electrons. The summed E-state index contributed by atoms with van der Waals surface area (Å²) in [7, 11) is 2.25. The van der Waals surface area contributed by atoms with Gasteiger partial charge in [0, 0.05) is 23.1 Å². The summed E-state index contributed by atoms with van der Waals surface area (Å²) in [5.41, 5.74) is 9.15. The molecule has 5 rings (SSSR count). The molecule has 0 unspecified atom stereocenters. The molecule has 1 aromatic rings. The lowest BCUT2D eigenvalue weighted by Crippen LogP contribution is -2.67. The van der Waals surface area contributed by atoms with Crippen LogP contribution in [0.15, 0.2) is 12.1 Å². The van der Waals surface area contributed by atoms with Gasteiger partial charge in [-0.1, -0.05) is 6.07 Å². The van der Waals surface area contributed by atoms with Crippen LogP contribution in [0.5, 0.6) is 11.5 Å². The predicted molar refractivity (Wildman–Crippen MR) is 79.6 cm³/mol. The molecule has 1 saturated heterocycles. The number of piperidine rings is 1. The number of benzene rings is 1. The molecule has 4 heteroatoms. The van der Waals surface area contributed by atoms with Gasteiger partial charge >= 0.3 is 0 Å². The highest BCUT2D eigenvalue weighted by atomic mass is 16.5. The molecule has 112 valence electrons. The zero-order valence-corrected chi connectivity index (χ0v) is 12.4. The molecular formula is C17H22N2O2. The van der Waals surface area contributed by atoms with E-state index in [0.29, 0.717) is 17.7 Å². The molecular weight excluding hydrogens is 264 g/mol. The minimum atomic E-state index is 0.0507. The number of rotatable bonds is 0. The summed E-state index contributed by atoms with van der Waals surface area (Å²) in [5, 5.41) is 10.3. The Morgan fingerprint density at radius 1 is 1.38 bits per heavy atom. The van der Waals surface area contributed by atoms with Gasteiger partial charge in [-0.25, -0.2) is 0 Å². The number of likely N-dealkylation sites (N-methyl/N-ethyl adjacent to an activating group) is 1. The Bertz CT molecular complexity index is 631. The minimum absolute atomic E-state index is 0.0507. The van der Waals surface area contributed by atoms with Crippen molar-refractivity contribution in [2.45, 2.75) is 49.3 Å². The van der Waals surface area contributed by atoms with Crippen LogP contribution in [0, 0.1) is 5.92 Å². The molecule has 21 heavy (non-hydrogen) atoms. The highest BCUT2D eigenvalue weighted by Crippen LogP contribution is 2.63. The van der Waals surface area contributed by atoms with Crippen LogP contribution >= 0.6 is 0 Å². The SMILES string of the molecule is CN1CC[C@]23c4c5ccc(O)c4O[C@H]2[C@H](N)CC[C@H]3[C@H]1C5. The van der Waals surface area contributed by atoms with Gasteiger partial charge in [0.05, 0.1) is 0 Å². The van der Waals surface area contributed by atoms with Crippen LogP contribution in [0.25, 0.3) is 0 Å². The highest BCUT2D eigenvalue weighted by molar-refractivity contribution is 5.60. The fraction of sp³-hybridized carbons (Fsp3) is 0.647. The molecule has 4 nitrogen and oxygen atoms in total. The lowest BCUT2D eigenvalue weighted by Gasteiger charge is -2.58. The standard InChI is InChI=1S/C17H22N2O2/c1-19-7-6-17-10-3-4-11(18)16(17)21-15-13(20)5-2-9(14(15)17)8-12(10)19/h2,5,10-12,16,20H,3-4,6-8,18H2,1H3/t10-,11+,12+,16-,17-/m0/s1. The smallest absolute Gasteiger partial charge is 0.165 e. The molecule has 2 fully saturated rings. The molecule has 1 saturated carbocycles. The molecule has 3 N–H and O–H groups in total. The number of ether oxygens (including phenoxy) is 1. The number of likely N-dealkylation sites (tertiary alicyclic amines) is 1. The average Bonchev–Trinajstić information content (AvgIpc) is 2.83. The van der Waals surface area contributed by atoms with Crippen LogP contribution in [0.2, 0.25) is 0 Å². The Kier molecular flexibility index (Phi) is 2.19. The van der Waals surface area contributed by atoms with Crippen molar-refractivity contribution in [2.24, 2.45) is 11.7 Å². The topological polar surface area (TPSA) is 58.7 Å². The van der Waals surface area contributed by atoms with Crippen molar-refractivity contribution in [1.29, 1.82) is 0 Å². The predicted octanol–water partition coefficient (Wildman–Crippen LogP) is 1.39. The fourth-order valence-electron chi connectivity index (χ4n) is 5.78. The van der Waals surface area contributed by atoms with Crippen LogP contribution in [0.3, 0.4) is 0 Å². The number of hydrogen-bond donors (Lipinski definition) is 2. The third kappa shape index (κ3) is 1.25. The maximum Gasteiger partial charge on any atom is 0.165 e. The number of nitrogens with zero attached hydrogens (tertiary/aromatic N) is 1. The first-order valence-electron chi connectivity index (χ1n) is 8.10. The number of hydrogen-bond acceptors (Lipinski definition) is 4. The molecule has 4 aliphatic rings. The normalized spacial score (nSPS) is 43.3. The summed E-state index contributed by atoms with van der Waals surface area (Å²) in [4.78, 5) is 2.53. The van der Waals surface area contributed by atoms with Gasteiger partial charge in [0.25, 0.3) is 0 Å². The van der Waals surface area contributed by atoms with Crippen molar-refractivity contribution < 1.29 is 9.84 Å². The molecule has 2 heterocycles.